The molecule has 0 atom stereocenters. The van der Waals surface area contributed by atoms with Crippen LogP contribution in [0.1, 0.15) is 21.6 Å². The van der Waals surface area contributed by atoms with E-state index in [4.69, 9.17) is 17.3 Å². The van der Waals surface area contributed by atoms with Crippen LogP contribution in [0.25, 0.3) is 0 Å². The Kier molecular flexibility index (Phi) is 3.71. The molecule has 0 spiro atoms. The average Bonchev–Trinajstić information content (AvgIpc) is 2.68. The summed E-state index contributed by atoms with van der Waals surface area (Å²) in [5.41, 5.74) is 7.68. The van der Waals surface area contributed by atoms with Gasteiger partial charge in [-0.3, -0.25) is 9.48 Å². The fraction of sp³-hybridized carbons (Fsp3) is 0.250. The number of carbonyl (C=O) groups is 1. The molecule has 0 fully saturated rings. The standard InChI is InChI=1S/C12H14ClN5O/c1-7-8(6-18(2)17-7)4-16-12(19)9-3-11(14)15-5-10(9)13/h3,5-6H,4H2,1-2H3,(H2,14,15)(H,16,19). The van der Waals surface area contributed by atoms with Gasteiger partial charge in [0.15, 0.2) is 0 Å². The van der Waals surface area contributed by atoms with Gasteiger partial charge in [-0.2, -0.15) is 5.10 Å². The highest BCUT2D eigenvalue weighted by atomic mass is 35.5. The molecule has 1 amide bonds. The monoisotopic (exact) mass is 279 g/mol. The quantitative estimate of drug-likeness (QED) is 0.886. The van der Waals surface area contributed by atoms with Gasteiger partial charge >= 0.3 is 0 Å². The fourth-order valence-electron chi connectivity index (χ4n) is 1.72. The van der Waals surface area contributed by atoms with Crippen molar-refractivity contribution in [3.05, 3.63) is 40.3 Å². The van der Waals surface area contributed by atoms with Gasteiger partial charge in [0, 0.05) is 31.5 Å². The molecule has 0 bridgehead atoms. The van der Waals surface area contributed by atoms with Crippen molar-refractivity contribution in [2.45, 2.75) is 13.5 Å². The summed E-state index contributed by atoms with van der Waals surface area (Å²) in [7, 11) is 1.83. The number of rotatable bonds is 3. The van der Waals surface area contributed by atoms with E-state index in [2.05, 4.69) is 15.4 Å². The van der Waals surface area contributed by atoms with Crippen LogP contribution in [0.15, 0.2) is 18.5 Å². The van der Waals surface area contributed by atoms with E-state index in [9.17, 15) is 4.79 Å². The maximum absolute atomic E-state index is 12.0. The smallest absolute Gasteiger partial charge is 0.253 e. The molecule has 19 heavy (non-hydrogen) atoms. The van der Waals surface area contributed by atoms with Gasteiger partial charge in [-0.15, -0.1) is 0 Å². The number of hydrogen-bond acceptors (Lipinski definition) is 4. The predicted octanol–water partition coefficient (Wildman–Crippen LogP) is 1.29. The lowest BCUT2D eigenvalue weighted by atomic mass is 10.2. The first kappa shape index (κ1) is 13.4. The van der Waals surface area contributed by atoms with Gasteiger partial charge in [-0.1, -0.05) is 11.6 Å². The van der Waals surface area contributed by atoms with Crippen molar-refractivity contribution >= 4 is 23.3 Å². The largest absolute Gasteiger partial charge is 0.384 e. The van der Waals surface area contributed by atoms with E-state index in [0.29, 0.717) is 12.1 Å². The van der Waals surface area contributed by atoms with Crippen molar-refractivity contribution in [1.29, 1.82) is 0 Å². The van der Waals surface area contributed by atoms with Crippen LogP contribution in [0.4, 0.5) is 5.82 Å². The molecular formula is C12H14ClN5O. The third-order valence-corrected chi connectivity index (χ3v) is 2.98. The molecule has 100 valence electrons. The minimum absolute atomic E-state index is 0.257. The fourth-order valence-corrected chi connectivity index (χ4v) is 1.91. The Morgan fingerprint density at radius 3 is 2.95 bits per heavy atom. The second kappa shape index (κ2) is 5.27. The van der Waals surface area contributed by atoms with Gasteiger partial charge in [-0.05, 0) is 13.0 Å². The molecule has 0 aromatic carbocycles. The number of nitrogens with two attached hydrogens (primary N) is 1. The Balaban J connectivity index is 2.09. The molecule has 2 aromatic heterocycles. The minimum Gasteiger partial charge on any atom is -0.384 e. The number of nitrogens with zero attached hydrogens (tertiary/aromatic N) is 3. The molecular weight excluding hydrogens is 266 g/mol. The number of anilines is 1. The first-order valence-electron chi connectivity index (χ1n) is 5.65. The number of aromatic nitrogens is 3. The number of nitrogens with one attached hydrogen (secondary N) is 1. The Labute approximate surface area is 115 Å². The molecule has 6 nitrogen and oxygen atoms in total. The lowest BCUT2D eigenvalue weighted by Gasteiger charge is -2.06. The number of nitrogen functional groups attached to an aromatic ring is 1. The number of halogens is 1. The number of hydrogen-bond donors (Lipinski definition) is 2. The van der Waals surface area contributed by atoms with Crippen LogP contribution in [-0.4, -0.2) is 20.7 Å². The van der Waals surface area contributed by atoms with E-state index >= 15 is 0 Å². The number of amides is 1. The second-order valence-corrected chi connectivity index (χ2v) is 4.59. The van der Waals surface area contributed by atoms with E-state index in [1.165, 1.54) is 12.3 Å². The zero-order valence-corrected chi connectivity index (χ0v) is 11.4. The SMILES string of the molecule is Cc1nn(C)cc1CNC(=O)c1cc(N)ncc1Cl. The molecule has 0 saturated heterocycles. The average molecular weight is 280 g/mol. The van der Waals surface area contributed by atoms with Gasteiger partial charge in [0.1, 0.15) is 5.82 Å². The third kappa shape index (κ3) is 3.03. The summed E-state index contributed by atoms with van der Waals surface area (Å²) >= 11 is 5.91. The molecule has 3 N–H and O–H groups in total. The van der Waals surface area contributed by atoms with E-state index in [1.54, 1.807) is 4.68 Å². The Bertz CT molecular complexity index is 623. The van der Waals surface area contributed by atoms with Crippen molar-refractivity contribution in [3.63, 3.8) is 0 Å². The summed E-state index contributed by atoms with van der Waals surface area (Å²) in [6.45, 7) is 2.27. The first-order valence-corrected chi connectivity index (χ1v) is 6.03. The van der Waals surface area contributed by atoms with Crippen LogP contribution < -0.4 is 11.1 Å². The lowest BCUT2D eigenvalue weighted by Crippen LogP contribution is -2.23. The Morgan fingerprint density at radius 1 is 1.58 bits per heavy atom. The molecule has 2 rings (SSSR count). The van der Waals surface area contributed by atoms with Crippen molar-refractivity contribution in [2.75, 3.05) is 5.73 Å². The van der Waals surface area contributed by atoms with Crippen molar-refractivity contribution < 1.29 is 4.79 Å². The van der Waals surface area contributed by atoms with Gasteiger partial charge < -0.3 is 11.1 Å². The second-order valence-electron chi connectivity index (χ2n) is 4.19. The summed E-state index contributed by atoms with van der Waals surface area (Å²) in [6, 6.07) is 1.45. The lowest BCUT2D eigenvalue weighted by molar-refractivity contribution is 0.0951. The van der Waals surface area contributed by atoms with Gasteiger partial charge in [0.2, 0.25) is 0 Å². The highest BCUT2D eigenvalue weighted by molar-refractivity contribution is 6.33. The topological polar surface area (TPSA) is 85.8 Å². The van der Waals surface area contributed by atoms with Gasteiger partial charge in [0.25, 0.3) is 5.91 Å². The predicted molar refractivity (Wildman–Crippen MR) is 72.8 cm³/mol. The highest BCUT2D eigenvalue weighted by Crippen LogP contribution is 2.16. The zero-order valence-electron chi connectivity index (χ0n) is 10.6. The maximum atomic E-state index is 12.0. The van der Waals surface area contributed by atoms with Crippen LogP contribution >= 0.6 is 11.6 Å². The summed E-state index contributed by atoms with van der Waals surface area (Å²) in [6.07, 6.45) is 3.22. The van der Waals surface area contributed by atoms with Gasteiger partial charge in [0.05, 0.1) is 16.3 Å². The third-order valence-electron chi connectivity index (χ3n) is 2.68. The summed E-state index contributed by atoms with van der Waals surface area (Å²) in [4.78, 5) is 15.8. The Morgan fingerprint density at radius 2 is 2.32 bits per heavy atom. The molecule has 2 aromatic rings. The summed E-state index contributed by atoms with van der Waals surface area (Å²) in [5, 5.41) is 7.25. The summed E-state index contributed by atoms with van der Waals surface area (Å²) in [5.74, 6) is -0.0329. The zero-order chi connectivity index (χ0) is 14.0. The molecule has 0 radical (unpaired) electrons. The molecule has 0 aliphatic carbocycles. The minimum atomic E-state index is -0.289. The Hall–Kier alpha value is -2.08. The molecule has 0 unspecified atom stereocenters. The molecule has 2 heterocycles. The van der Waals surface area contributed by atoms with Crippen LogP contribution in [-0.2, 0) is 13.6 Å². The van der Waals surface area contributed by atoms with Crippen LogP contribution in [0.3, 0.4) is 0 Å². The van der Waals surface area contributed by atoms with Crippen molar-refractivity contribution in [3.8, 4) is 0 Å². The molecule has 0 aliphatic heterocycles. The summed E-state index contributed by atoms with van der Waals surface area (Å²) < 4.78 is 1.70. The number of aryl methyl sites for hydroxylation is 2. The first-order chi connectivity index (χ1) is 8.97. The number of carbonyl (C=O) groups excluding carboxylic acids is 1. The van der Waals surface area contributed by atoms with Gasteiger partial charge in [-0.25, -0.2) is 4.98 Å². The normalized spacial score (nSPS) is 10.5. The highest BCUT2D eigenvalue weighted by Gasteiger charge is 2.12. The van der Waals surface area contributed by atoms with E-state index in [1.807, 2.05) is 20.2 Å². The maximum Gasteiger partial charge on any atom is 0.253 e. The molecule has 0 aliphatic rings. The molecule has 7 heteroatoms. The van der Waals surface area contributed by atoms with Crippen molar-refractivity contribution in [2.24, 2.45) is 7.05 Å². The number of pyridine rings is 1. The van der Waals surface area contributed by atoms with Crippen LogP contribution in [0.5, 0.6) is 0 Å². The van der Waals surface area contributed by atoms with Crippen molar-refractivity contribution in [1.82, 2.24) is 20.1 Å². The van der Waals surface area contributed by atoms with E-state index < -0.39 is 0 Å². The van der Waals surface area contributed by atoms with E-state index in [-0.39, 0.29) is 16.7 Å². The van der Waals surface area contributed by atoms with E-state index in [0.717, 1.165) is 11.3 Å². The van der Waals surface area contributed by atoms with Crippen LogP contribution in [0, 0.1) is 6.92 Å². The van der Waals surface area contributed by atoms with Crippen LogP contribution in [0.2, 0.25) is 5.02 Å². The molecule has 0 saturated carbocycles.